The molecule has 0 aromatic carbocycles. The smallest absolute Gasteiger partial charge is 0.221 e. The summed E-state index contributed by atoms with van der Waals surface area (Å²) in [5.41, 5.74) is 0. The molecule has 1 heterocycles. The first kappa shape index (κ1) is 12.2. The molecule has 1 aliphatic rings. The predicted octanol–water partition coefficient (Wildman–Crippen LogP) is 1.55. The molecule has 3 nitrogen and oxygen atoms in total. The Kier molecular flexibility index (Phi) is 6.09. The molecular weight excluding hydrogens is 188 g/mol. The van der Waals surface area contributed by atoms with Gasteiger partial charge in [0.05, 0.1) is 0 Å². The third-order valence-corrected chi connectivity index (χ3v) is 2.72. The number of nitrogens with zero attached hydrogens (tertiary/aromatic N) is 1. The van der Waals surface area contributed by atoms with Crippen molar-refractivity contribution in [1.82, 2.24) is 10.2 Å². The van der Waals surface area contributed by atoms with E-state index in [4.69, 9.17) is 0 Å². The van der Waals surface area contributed by atoms with Crippen LogP contribution in [-0.2, 0) is 4.79 Å². The van der Waals surface area contributed by atoms with E-state index < -0.39 is 0 Å². The number of amides is 1. The third kappa shape index (κ3) is 5.57. The van der Waals surface area contributed by atoms with Gasteiger partial charge in [-0.05, 0) is 39.3 Å². The van der Waals surface area contributed by atoms with E-state index in [0.717, 1.165) is 19.5 Å². The van der Waals surface area contributed by atoms with Crippen molar-refractivity contribution in [2.24, 2.45) is 0 Å². The van der Waals surface area contributed by atoms with E-state index in [0.29, 0.717) is 6.42 Å². The number of hydrogen-bond donors (Lipinski definition) is 1. The van der Waals surface area contributed by atoms with Crippen molar-refractivity contribution in [3.63, 3.8) is 0 Å². The molecule has 15 heavy (non-hydrogen) atoms. The van der Waals surface area contributed by atoms with E-state index in [-0.39, 0.29) is 5.91 Å². The lowest BCUT2D eigenvalue weighted by molar-refractivity contribution is -0.121. The van der Waals surface area contributed by atoms with Gasteiger partial charge in [0.2, 0.25) is 5.91 Å². The predicted molar refractivity (Wildman–Crippen MR) is 62.7 cm³/mol. The van der Waals surface area contributed by atoms with E-state index in [1.807, 2.05) is 13.0 Å². The van der Waals surface area contributed by atoms with Crippen molar-refractivity contribution in [2.45, 2.75) is 32.6 Å². The van der Waals surface area contributed by atoms with Gasteiger partial charge in [0, 0.05) is 19.5 Å². The molecule has 1 amide bonds. The summed E-state index contributed by atoms with van der Waals surface area (Å²) in [4.78, 5) is 13.8. The molecule has 1 N–H and O–H groups in total. The molecule has 3 heteroatoms. The molecule has 0 spiro atoms. The quantitative estimate of drug-likeness (QED) is 0.533. The highest BCUT2D eigenvalue weighted by molar-refractivity contribution is 5.76. The first-order valence-electron chi connectivity index (χ1n) is 5.93. The maximum atomic E-state index is 11.4. The van der Waals surface area contributed by atoms with Crippen molar-refractivity contribution >= 4 is 5.91 Å². The van der Waals surface area contributed by atoms with Crippen LogP contribution in [0.2, 0.25) is 0 Å². The van der Waals surface area contributed by atoms with Gasteiger partial charge in [-0.2, -0.15) is 0 Å². The lowest BCUT2D eigenvalue weighted by Crippen LogP contribution is -2.29. The molecule has 0 aromatic heterocycles. The lowest BCUT2D eigenvalue weighted by atomic mass is 10.3. The Morgan fingerprint density at radius 3 is 2.80 bits per heavy atom. The Balaban J connectivity index is 1.97. The minimum atomic E-state index is 0.186. The second kappa shape index (κ2) is 7.46. The second-order valence-corrected chi connectivity index (χ2v) is 4.01. The summed E-state index contributed by atoms with van der Waals surface area (Å²) in [7, 11) is 0. The molecule has 0 aromatic rings. The molecule has 1 saturated heterocycles. The SMILES string of the molecule is C/C=C/CCNC(=O)CCN1CCCC1. The van der Waals surface area contributed by atoms with E-state index in [1.54, 1.807) is 0 Å². The Morgan fingerprint density at radius 1 is 1.40 bits per heavy atom. The van der Waals surface area contributed by atoms with Gasteiger partial charge in [0.15, 0.2) is 0 Å². The first-order valence-corrected chi connectivity index (χ1v) is 5.93. The minimum Gasteiger partial charge on any atom is -0.356 e. The molecular formula is C12H22N2O. The lowest BCUT2D eigenvalue weighted by Gasteiger charge is -2.13. The van der Waals surface area contributed by atoms with Gasteiger partial charge in [0.1, 0.15) is 0 Å². The fraction of sp³-hybridized carbons (Fsp3) is 0.750. The van der Waals surface area contributed by atoms with Crippen molar-refractivity contribution in [1.29, 1.82) is 0 Å². The van der Waals surface area contributed by atoms with Gasteiger partial charge in [-0.3, -0.25) is 4.79 Å². The van der Waals surface area contributed by atoms with Crippen molar-refractivity contribution in [3.05, 3.63) is 12.2 Å². The maximum Gasteiger partial charge on any atom is 0.221 e. The van der Waals surface area contributed by atoms with E-state index in [9.17, 15) is 4.79 Å². The second-order valence-electron chi connectivity index (χ2n) is 4.01. The first-order chi connectivity index (χ1) is 7.33. The minimum absolute atomic E-state index is 0.186. The van der Waals surface area contributed by atoms with Crippen LogP contribution in [0.1, 0.15) is 32.6 Å². The normalized spacial score (nSPS) is 17.4. The zero-order chi connectivity index (χ0) is 10.9. The molecule has 1 aliphatic heterocycles. The van der Waals surface area contributed by atoms with Crippen LogP contribution in [0, 0.1) is 0 Å². The van der Waals surface area contributed by atoms with Crippen LogP contribution in [0.5, 0.6) is 0 Å². The molecule has 0 aliphatic carbocycles. The maximum absolute atomic E-state index is 11.4. The molecule has 0 atom stereocenters. The van der Waals surface area contributed by atoms with Gasteiger partial charge in [-0.1, -0.05) is 12.2 Å². The largest absolute Gasteiger partial charge is 0.356 e. The molecule has 0 saturated carbocycles. The van der Waals surface area contributed by atoms with E-state index >= 15 is 0 Å². The molecule has 0 radical (unpaired) electrons. The fourth-order valence-corrected chi connectivity index (χ4v) is 1.82. The van der Waals surface area contributed by atoms with E-state index in [1.165, 1.54) is 25.9 Å². The molecule has 86 valence electrons. The summed E-state index contributed by atoms with van der Waals surface area (Å²) in [5, 5.41) is 2.92. The number of allylic oxidation sites excluding steroid dienone is 1. The van der Waals surface area contributed by atoms with Crippen LogP contribution in [0.4, 0.5) is 0 Å². The zero-order valence-corrected chi connectivity index (χ0v) is 9.67. The van der Waals surface area contributed by atoms with Crippen LogP contribution in [0.25, 0.3) is 0 Å². The number of hydrogen-bond acceptors (Lipinski definition) is 2. The van der Waals surface area contributed by atoms with Gasteiger partial charge < -0.3 is 10.2 Å². The topological polar surface area (TPSA) is 32.3 Å². The highest BCUT2D eigenvalue weighted by atomic mass is 16.1. The number of rotatable bonds is 6. The number of carbonyl (C=O) groups excluding carboxylic acids is 1. The average Bonchev–Trinajstić information content (AvgIpc) is 2.74. The van der Waals surface area contributed by atoms with Crippen LogP contribution < -0.4 is 5.32 Å². The fourth-order valence-electron chi connectivity index (χ4n) is 1.82. The van der Waals surface area contributed by atoms with Crippen LogP contribution in [0.15, 0.2) is 12.2 Å². The highest BCUT2D eigenvalue weighted by Crippen LogP contribution is 2.06. The summed E-state index contributed by atoms with van der Waals surface area (Å²) in [6, 6.07) is 0. The summed E-state index contributed by atoms with van der Waals surface area (Å²) in [6.45, 7) is 6.03. The Morgan fingerprint density at radius 2 is 2.13 bits per heavy atom. The van der Waals surface area contributed by atoms with Crippen molar-refractivity contribution in [3.8, 4) is 0 Å². The number of likely N-dealkylation sites (tertiary alicyclic amines) is 1. The van der Waals surface area contributed by atoms with Gasteiger partial charge in [-0.25, -0.2) is 0 Å². The summed E-state index contributed by atoms with van der Waals surface area (Å²) in [6.07, 6.45) is 8.25. The highest BCUT2D eigenvalue weighted by Gasteiger charge is 2.12. The summed E-state index contributed by atoms with van der Waals surface area (Å²) >= 11 is 0. The van der Waals surface area contributed by atoms with E-state index in [2.05, 4.69) is 16.3 Å². The number of carbonyl (C=O) groups is 1. The average molecular weight is 210 g/mol. The monoisotopic (exact) mass is 210 g/mol. The van der Waals surface area contributed by atoms with Gasteiger partial charge in [-0.15, -0.1) is 0 Å². The molecule has 0 bridgehead atoms. The molecule has 0 unspecified atom stereocenters. The Hall–Kier alpha value is -0.830. The Labute approximate surface area is 92.5 Å². The van der Waals surface area contributed by atoms with Crippen LogP contribution in [-0.4, -0.2) is 37.0 Å². The Bertz CT molecular complexity index is 208. The van der Waals surface area contributed by atoms with Crippen molar-refractivity contribution in [2.75, 3.05) is 26.2 Å². The zero-order valence-electron chi connectivity index (χ0n) is 9.67. The van der Waals surface area contributed by atoms with Crippen LogP contribution in [0.3, 0.4) is 0 Å². The molecule has 1 rings (SSSR count). The van der Waals surface area contributed by atoms with Gasteiger partial charge >= 0.3 is 0 Å². The van der Waals surface area contributed by atoms with Gasteiger partial charge in [0.25, 0.3) is 0 Å². The number of nitrogens with one attached hydrogen (secondary N) is 1. The summed E-state index contributed by atoms with van der Waals surface area (Å²) in [5.74, 6) is 0.186. The van der Waals surface area contributed by atoms with Crippen LogP contribution >= 0.6 is 0 Å². The molecule has 1 fully saturated rings. The summed E-state index contributed by atoms with van der Waals surface area (Å²) < 4.78 is 0. The standard InChI is InChI=1S/C12H22N2O/c1-2-3-4-8-13-12(15)7-11-14-9-5-6-10-14/h2-3H,4-11H2,1H3,(H,13,15)/b3-2+. The van der Waals surface area contributed by atoms with Crippen molar-refractivity contribution < 1.29 is 4.79 Å². The third-order valence-electron chi connectivity index (χ3n) is 2.72.